The smallest absolute Gasteiger partial charge is 0.168 e. The van der Waals surface area contributed by atoms with Crippen LogP contribution < -0.4 is 5.32 Å². The van der Waals surface area contributed by atoms with E-state index in [1.165, 1.54) is 0 Å². The van der Waals surface area contributed by atoms with Crippen molar-refractivity contribution in [3.8, 4) is 0 Å². The van der Waals surface area contributed by atoms with Crippen LogP contribution in [0, 0.1) is 0 Å². The molecule has 0 amide bonds. The second kappa shape index (κ2) is 2.92. The first-order valence-electron chi connectivity index (χ1n) is 4.81. The van der Waals surface area contributed by atoms with Crippen LogP contribution >= 0.6 is 0 Å². The van der Waals surface area contributed by atoms with Crippen molar-refractivity contribution >= 4 is 6.29 Å². The van der Waals surface area contributed by atoms with Crippen LogP contribution in [0.4, 0.5) is 0 Å². The van der Waals surface area contributed by atoms with Crippen LogP contribution in [0.25, 0.3) is 0 Å². The molecule has 2 rings (SSSR count). The Balaban J connectivity index is 2.58. The highest BCUT2D eigenvalue weighted by Crippen LogP contribution is 2.23. The van der Waals surface area contributed by atoms with E-state index < -0.39 is 0 Å². The molecule has 0 atom stereocenters. The molecule has 4 heteroatoms. The molecule has 1 aliphatic rings. The molecule has 0 aromatic carbocycles. The quantitative estimate of drug-likeness (QED) is 0.678. The van der Waals surface area contributed by atoms with Crippen molar-refractivity contribution in [1.29, 1.82) is 0 Å². The van der Waals surface area contributed by atoms with E-state index in [4.69, 9.17) is 0 Å². The SMILES string of the molecule is CC(C)(C)n1nc2c(c1C=O)CNC2. The van der Waals surface area contributed by atoms with Gasteiger partial charge in [0.05, 0.1) is 11.2 Å². The molecule has 14 heavy (non-hydrogen) atoms. The van der Waals surface area contributed by atoms with Gasteiger partial charge >= 0.3 is 0 Å². The molecule has 0 saturated heterocycles. The molecule has 0 spiro atoms. The average molecular weight is 193 g/mol. The molecule has 1 aromatic rings. The van der Waals surface area contributed by atoms with Crippen LogP contribution in [0.1, 0.15) is 42.5 Å². The summed E-state index contributed by atoms with van der Waals surface area (Å²) in [6, 6.07) is 0. The zero-order valence-electron chi connectivity index (χ0n) is 8.79. The van der Waals surface area contributed by atoms with Gasteiger partial charge in [0, 0.05) is 18.7 Å². The first kappa shape index (κ1) is 9.40. The van der Waals surface area contributed by atoms with Crippen molar-refractivity contribution in [2.45, 2.75) is 39.4 Å². The second-order valence-corrected chi connectivity index (χ2v) is 4.61. The van der Waals surface area contributed by atoms with Gasteiger partial charge in [-0.25, -0.2) is 0 Å². The fourth-order valence-corrected chi connectivity index (χ4v) is 1.78. The van der Waals surface area contributed by atoms with Gasteiger partial charge in [-0.1, -0.05) is 0 Å². The van der Waals surface area contributed by atoms with E-state index in [0.717, 1.165) is 36.3 Å². The van der Waals surface area contributed by atoms with Gasteiger partial charge in [-0.2, -0.15) is 5.10 Å². The molecule has 4 nitrogen and oxygen atoms in total. The average Bonchev–Trinajstić information content (AvgIpc) is 2.58. The number of aromatic nitrogens is 2. The summed E-state index contributed by atoms with van der Waals surface area (Å²) in [5.74, 6) is 0. The van der Waals surface area contributed by atoms with Crippen molar-refractivity contribution in [1.82, 2.24) is 15.1 Å². The molecular formula is C10H15N3O. The lowest BCUT2D eigenvalue weighted by atomic mass is 10.1. The van der Waals surface area contributed by atoms with Gasteiger partial charge in [-0.05, 0) is 20.8 Å². The number of nitrogens with zero attached hydrogens (tertiary/aromatic N) is 2. The maximum atomic E-state index is 11.0. The summed E-state index contributed by atoms with van der Waals surface area (Å²) >= 11 is 0. The van der Waals surface area contributed by atoms with E-state index in [-0.39, 0.29) is 5.54 Å². The Morgan fingerprint density at radius 3 is 2.71 bits per heavy atom. The third-order valence-electron chi connectivity index (χ3n) is 2.45. The largest absolute Gasteiger partial charge is 0.307 e. The summed E-state index contributed by atoms with van der Waals surface area (Å²) in [6.45, 7) is 7.69. The maximum Gasteiger partial charge on any atom is 0.168 e. The Labute approximate surface area is 83.3 Å². The summed E-state index contributed by atoms with van der Waals surface area (Å²) < 4.78 is 1.82. The first-order valence-corrected chi connectivity index (χ1v) is 4.81. The fraction of sp³-hybridized carbons (Fsp3) is 0.600. The third kappa shape index (κ3) is 1.26. The number of hydrogen-bond acceptors (Lipinski definition) is 3. The predicted octanol–water partition coefficient (Wildman–Crippen LogP) is 1.05. The Hall–Kier alpha value is -1.16. The molecule has 0 radical (unpaired) electrons. The van der Waals surface area contributed by atoms with Gasteiger partial charge in [0.2, 0.25) is 0 Å². The molecule has 1 N–H and O–H groups in total. The van der Waals surface area contributed by atoms with Crippen LogP contribution in [-0.4, -0.2) is 16.1 Å². The standard InChI is InChI=1S/C10H15N3O/c1-10(2,3)13-9(6-14)7-4-11-5-8(7)12-13/h6,11H,4-5H2,1-3H3. The van der Waals surface area contributed by atoms with E-state index in [1.807, 2.05) is 4.68 Å². The maximum absolute atomic E-state index is 11.0. The number of carbonyl (C=O) groups excluding carboxylic acids is 1. The number of aldehydes is 1. The highest BCUT2D eigenvalue weighted by atomic mass is 16.1. The van der Waals surface area contributed by atoms with E-state index in [9.17, 15) is 4.79 Å². The van der Waals surface area contributed by atoms with Crippen molar-refractivity contribution in [3.05, 3.63) is 17.0 Å². The monoisotopic (exact) mass is 193 g/mol. The number of carbonyl (C=O) groups is 1. The molecule has 0 unspecified atom stereocenters. The summed E-state index contributed by atoms with van der Waals surface area (Å²) in [5.41, 5.74) is 2.68. The zero-order chi connectivity index (χ0) is 10.3. The zero-order valence-corrected chi connectivity index (χ0v) is 8.79. The van der Waals surface area contributed by atoms with Crippen LogP contribution in [0.2, 0.25) is 0 Å². The first-order chi connectivity index (χ1) is 6.54. The topological polar surface area (TPSA) is 46.9 Å². The van der Waals surface area contributed by atoms with E-state index in [1.54, 1.807) is 0 Å². The number of hydrogen-bond donors (Lipinski definition) is 1. The lowest BCUT2D eigenvalue weighted by Crippen LogP contribution is -2.26. The van der Waals surface area contributed by atoms with E-state index >= 15 is 0 Å². The Morgan fingerprint density at radius 1 is 1.43 bits per heavy atom. The minimum absolute atomic E-state index is 0.124. The molecule has 76 valence electrons. The van der Waals surface area contributed by atoms with Gasteiger partial charge in [0.1, 0.15) is 5.69 Å². The molecule has 0 aliphatic carbocycles. The highest BCUT2D eigenvalue weighted by molar-refractivity contribution is 5.75. The summed E-state index contributed by atoms with van der Waals surface area (Å²) in [5, 5.41) is 7.64. The molecule has 2 heterocycles. The van der Waals surface area contributed by atoms with Gasteiger partial charge in [0.15, 0.2) is 6.29 Å². The van der Waals surface area contributed by atoms with Crippen LogP contribution in [-0.2, 0) is 18.6 Å². The van der Waals surface area contributed by atoms with Gasteiger partial charge < -0.3 is 5.32 Å². The van der Waals surface area contributed by atoms with Crippen molar-refractivity contribution in [2.75, 3.05) is 0 Å². The predicted molar refractivity (Wildman–Crippen MR) is 53.2 cm³/mol. The van der Waals surface area contributed by atoms with Crippen molar-refractivity contribution < 1.29 is 4.79 Å². The summed E-state index contributed by atoms with van der Waals surface area (Å²) in [6.07, 6.45) is 0.907. The van der Waals surface area contributed by atoms with Crippen LogP contribution in [0.15, 0.2) is 0 Å². The molecular weight excluding hydrogens is 178 g/mol. The lowest BCUT2D eigenvalue weighted by molar-refractivity contribution is 0.110. The molecule has 1 aliphatic heterocycles. The number of rotatable bonds is 1. The van der Waals surface area contributed by atoms with E-state index in [2.05, 4.69) is 31.2 Å². The normalized spacial score (nSPS) is 15.6. The second-order valence-electron chi connectivity index (χ2n) is 4.61. The van der Waals surface area contributed by atoms with Crippen LogP contribution in [0.3, 0.4) is 0 Å². The molecule has 1 aromatic heterocycles. The van der Waals surface area contributed by atoms with Crippen LogP contribution in [0.5, 0.6) is 0 Å². The minimum atomic E-state index is -0.124. The Morgan fingerprint density at radius 2 is 2.14 bits per heavy atom. The van der Waals surface area contributed by atoms with Gasteiger partial charge in [-0.3, -0.25) is 9.48 Å². The van der Waals surface area contributed by atoms with Crippen molar-refractivity contribution in [2.24, 2.45) is 0 Å². The van der Waals surface area contributed by atoms with Crippen molar-refractivity contribution in [3.63, 3.8) is 0 Å². The Bertz CT molecular complexity index is 373. The number of nitrogens with one attached hydrogen (secondary N) is 1. The molecule has 0 fully saturated rings. The van der Waals surface area contributed by atoms with Gasteiger partial charge in [0.25, 0.3) is 0 Å². The summed E-state index contributed by atoms with van der Waals surface area (Å²) in [7, 11) is 0. The molecule has 0 saturated carbocycles. The third-order valence-corrected chi connectivity index (χ3v) is 2.45. The summed E-state index contributed by atoms with van der Waals surface area (Å²) in [4.78, 5) is 11.0. The lowest BCUT2D eigenvalue weighted by Gasteiger charge is -2.21. The number of fused-ring (bicyclic) bond motifs is 1. The fourth-order valence-electron chi connectivity index (χ4n) is 1.78. The van der Waals surface area contributed by atoms with Gasteiger partial charge in [-0.15, -0.1) is 0 Å². The molecule has 0 bridgehead atoms. The minimum Gasteiger partial charge on any atom is -0.307 e. The Kier molecular flexibility index (Phi) is 1.96. The van der Waals surface area contributed by atoms with E-state index in [0.29, 0.717) is 0 Å². The highest BCUT2D eigenvalue weighted by Gasteiger charge is 2.26.